The molecule has 0 unspecified atom stereocenters. The highest BCUT2D eigenvalue weighted by Crippen LogP contribution is 2.28. The maximum Gasteiger partial charge on any atom is 0.124 e. The summed E-state index contributed by atoms with van der Waals surface area (Å²) >= 11 is 1.64. The zero-order chi connectivity index (χ0) is 10.7. The van der Waals surface area contributed by atoms with Crippen LogP contribution in [0.15, 0.2) is 52.4 Å². The Morgan fingerprint density at radius 2 is 1.87 bits per heavy atom. The number of hydrogen-bond acceptors (Lipinski definition) is 3. The van der Waals surface area contributed by atoms with Crippen LogP contribution < -0.4 is 5.73 Å². The van der Waals surface area contributed by atoms with E-state index in [9.17, 15) is 0 Å². The minimum Gasteiger partial charge on any atom is -0.384 e. The first-order chi connectivity index (χ1) is 7.25. The van der Waals surface area contributed by atoms with E-state index in [1.165, 1.54) is 10.5 Å². The Bertz CT molecular complexity index is 469. The van der Waals surface area contributed by atoms with Gasteiger partial charge in [-0.15, -0.1) is 0 Å². The average Bonchev–Trinajstić information content (AvgIpc) is 2.22. The van der Waals surface area contributed by atoms with Crippen LogP contribution in [-0.4, -0.2) is 4.98 Å². The quantitative estimate of drug-likeness (QED) is 0.838. The van der Waals surface area contributed by atoms with Gasteiger partial charge in [-0.1, -0.05) is 36.0 Å². The van der Waals surface area contributed by atoms with Crippen LogP contribution in [0.3, 0.4) is 0 Å². The topological polar surface area (TPSA) is 38.9 Å². The molecule has 0 saturated carbocycles. The van der Waals surface area contributed by atoms with Crippen LogP contribution in [0.25, 0.3) is 0 Å². The predicted octanol–water partition coefficient (Wildman–Crippen LogP) is 3.12. The van der Waals surface area contributed by atoms with Crippen molar-refractivity contribution in [3.05, 3.63) is 48.0 Å². The summed E-state index contributed by atoms with van der Waals surface area (Å²) in [5.41, 5.74) is 6.88. The first-order valence-electron chi connectivity index (χ1n) is 4.72. The molecule has 3 heteroatoms. The van der Waals surface area contributed by atoms with Crippen LogP contribution in [0.4, 0.5) is 5.82 Å². The SMILES string of the molecule is Cc1ccccc1Sc1cccc(N)n1. The summed E-state index contributed by atoms with van der Waals surface area (Å²) in [7, 11) is 0. The molecular weight excluding hydrogens is 204 g/mol. The number of rotatable bonds is 2. The van der Waals surface area contributed by atoms with Gasteiger partial charge in [0.15, 0.2) is 0 Å². The van der Waals surface area contributed by atoms with Crippen molar-refractivity contribution in [3.63, 3.8) is 0 Å². The van der Waals surface area contributed by atoms with Crippen molar-refractivity contribution >= 4 is 17.6 Å². The lowest BCUT2D eigenvalue weighted by Gasteiger charge is -2.04. The van der Waals surface area contributed by atoms with Gasteiger partial charge in [0.25, 0.3) is 0 Å². The van der Waals surface area contributed by atoms with Gasteiger partial charge in [-0.25, -0.2) is 4.98 Å². The summed E-state index contributed by atoms with van der Waals surface area (Å²) < 4.78 is 0. The Morgan fingerprint density at radius 1 is 1.07 bits per heavy atom. The molecule has 2 nitrogen and oxygen atoms in total. The minimum atomic E-state index is 0.564. The predicted molar refractivity (Wildman–Crippen MR) is 64.0 cm³/mol. The third-order valence-corrected chi connectivity index (χ3v) is 3.17. The fourth-order valence-corrected chi connectivity index (χ4v) is 2.17. The van der Waals surface area contributed by atoms with Gasteiger partial charge in [0, 0.05) is 4.90 Å². The van der Waals surface area contributed by atoms with Gasteiger partial charge in [0.05, 0.1) is 0 Å². The number of pyridine rings is 1. The van der Waals surface area contributed by atoms with Crippen LogP contribution in [0, 0.1) is 6.92 Å². The lowest BCUT2D eigenvalue weighted by molar-refractivity contribution is 1.14. The Kier molecular flexibility index (Phi) is 2.92. The summed E-state index contributed by atoms with van der Waals surface area (Å²) in [4.78, 5) is 5.47. The van der Waals surface area contributed by atoms with Crippen LogP contribution in [0.5, 0.6) is 0 Å². The first kappa shape index (κ1) is 10.1. The molecule has 0 radical (unpaired) electrons. The second kappa shape index (κ2) is 4.36. The van der Waals surface area contributed by atoms with Crippen LogP contribution in [0.1, 0.15) is 5.56 Å². The van der Waals surface area contributed by atoms with Gasteiger partial charge in [-0.05, 0) is 30.7 Å². The van der Waals surface area contributed by atoms with E-state index in [2.05, 4.69) is 24.0 Å². The lowest BCUT2D eigenvalue weighted by atomic mass is 10.2. The Hall–Kier alpha value is -1.48. The fraction of sp³-hybridized carbons (Fsp3) is 0.0833. The fourth-order valence-electron chi connectivity index (χ4n) is 1.27. The monoisotopic (exact) mass is 216 g/mol. The number of hydrogen-bond donors (Lipinski definition) is 1. The Labute approximate surface area is 93.5 Å². The van der Waals surface area contributed by atoms with E-state index in [0.29, 0.717) is 5.82 Å². The molecule has 1 aromatic carbocycles. The van der Waals surface area contributed by atoms with Crippen molar-refractivity contribution < 1.29 is 0 Å². The molecule has 1 aromatic heterocycles. The molecule has 0 aliphatic carbocycles. The van der Waals surface area contributed by atoms with Crippen molar-refractivity contribution in [2.45, 2.75) is 16.8 Å². The zero-order valence-electron chi connectivity index (χ0n) is 8.47. The summed E-state index contributed by atoms with van der Waals surface area (Å²) in [5, 5.41) is 0.935. The van der Waals surface area contributed by atoms with Crippen LogP contribution >= 0.6 is 11.8 Å². The highest BCUT2D eigenvalue weighted by molar-refractivity contribution is 7.99. The third kappa shape index (κ3) is 2.50. The number of aromatic nitrogens is 1. The largest absolute Gasteiger partial charge is 0.384 e. The summed E-state index contributed by atoms with van der Waals surface area (Å²) in [6, 6.07) is 13.9. The molecule has 0 aliphatic rings. The molecular formula is C12H12N2S. The zero-order valence-corrected chi connectivity index (χ0v) is 9.29. The summed E-state index contributed by atoms with van der Waals surface area (Å²) in [5.74, 6) is 0.564. The number of anilines is 1. The molecule has 1 heterocycles. The Balaban J connectivity index is 2.26. The normalized spacial score (nSPS) is 10.2. The second-order valence-electron chi connectivity index (χ2n) is 3.27. The molecule has 0 fully saturated rings. The molecule has 0 bridgehead atoms. The third-order valence-electron chi connectivity index (χ3n) is 2.05. The molecule has 2 aromatic rings. The van der Waals surface area contributed by atoms with E-state index in [1.54, 1.807) is 17.8 Å². The van der Waals surface area contributed by atoms with Crippen molar-refractivity contribution in [3.8, 4) is 0 Å². The number of nitrogens with zero attached hydrogens (tertiary/aromatic N) is 1. The average molecular weight is 216 g/mol. The summed E-state index contributed by atoms with van der Waals surface area (Å²) in [6.45, 7) is 2.09. The van der Waals surface area contributed by atoms with E-state index in [1.807, 2.05) is 24.3 Å². The van der Waals surface area contributed by atoms with Crippen LogP contribution in [-0.2, 0) is 0 Å². The minimum absolute atomic E-state index is 0.564. The highest BCUT2D eigenvalue weighted by Gasteiger charge is 2.01. The molecule has 2 N–H and O–H groups in total. The van der Waals surface area contributed by atoms with E-state index >= 15 is 0 Å². The van der Waals surface area contributed by atoms with Gasteiger partial charge < -0.3 is 5.73 Å². The molecule has 15 heavy (non-hydrogen) atoms. The van der Waals surface area contributed by atoms with Gasteiger partial charge >= 0.3 is 0 Å². The maximum atomic E-state index is 5.63. The molecule has 0 amide bonds. The van der Waals surface area contributed by atoms with Gasteiger partial charge in [-0.3, -0.25) is 0 Å². The number of aryl methyl sites for hydroxylation is 1. The van der Waals surface area contributed by atoms with Crippen LogP contribution in [0.2, 0.25) is 0 Å². The van der Waals surface area contributed by atoms with Crippen molar-refractivity contribution in [1.29, 1.82) is 0 Å². The molecule has 76 valence electrons. The van der Waals surface area contributed by atoms with E-state index in [0.717, 1.165) is 5.03 Å². The molecule has 0 atom stereocenters. The lowest BCUT2D eigenvalue weighted by Crippen LogP contribution is -1.90. The molecule has 0 aliphatic heterocycles. The highest BCUT2D eigenvalue weighted by atomic mass is 32.2. The van der Waals surface area contributed by atoms with E-state index < -0.39 is 0 Å². The van der Waals surface area contributed by atoms with Gasteiger partial charge in [0.2, 0.25) is 0 Å². The first-order valence-corrected chi connectivity index (χ1v) is 5.53. The van der Waals surface area contributed by atoms with Gasteiger partial charge in [-0.2, -0.15) is 0 Å². The summed E-state index contributed by atoms with van der Waals surface area (Å²) in [6.07, 6.45) is 0. The van der Waals surface area contributed by atoms with Crippen molar-refractivity contribution in [1.82, 2.24) is 4.98 Å². The standard InChI is InChI=1S/C12H12N2S/c1-9-5-2-3-6-10(9)15-12-8-4-7-11(13)14-12/h2-8H,1H3,(H2,13,14). The van der Waals surface area contributed by atoms with Crippen molar-refractivity contribution in [2.75, 3.05) is 5.73 Å². The van der Waals surface area contributed by atoms with Gasteiger partial charge in [0.1, 0.15) is 10.8 Å². The van der Waals surface area contributed by atoms with E-state index in [-0.39, 0.29) is 0 Å². The van der Waals surface area contributed by atoms with Crippen molar-refractivity contribution in [2.24, 2.45) is 0 Å². The van der Waals surface area contributed by atoms with E-state index in [4.69, 9.17) is 5.73 Å². The number of nitrogen functional groups attached to an aromatic ring is 1. The number of nitrogens with two attached hydrogens (primary N) is 1. The molecule has 2 rings (SSSR count). The maximum absolute atomic E-state index is 5.63. The number of benzene rings is 1. The molecule has 0 saturated heterocycles. The second-order valence-corrected chi connectivity index (χ2v) is 4.33. The molecule has 0 spiro atoms. The Morgan fingerprint density at radius 3 is 2.60 bits per heavy atom. The smallest absolute Gasteiger partial charge is 0.124 e.